The van der Waals surface area contributed by atoms with Gasteiger partial charge in [0.05, 0.1) is 34.8 Å². The molecule has 2 bridgehead atoms. The first kappa shape index (κ1) is 14.5. The van der Waals surface area contributed by atoms with Crippen molar-refractivity contribution in [3.05, 3.63) is 42.0 Å². The van der Waals surface area contributed by atoms with Crippen molar-refractivity contribution in [1.82, 2.24) is 0 Å². The Bertz CT molecular complexity index is 706. The number of fused-ring (bicyclic) bond motifs is 2. The number of carbonyl (C=O) groups is 2. The van der Waals surface area contributed by atoms with Gasteiger partial charge in [-0.25, -0.2) is 0 Å². The van der Waals surface area contributed by atoms with E-state index in [4.69, 9.17) is 4.74 Å². The monoisotopic (exact) mass is 296 g/mol. The minimum atomic E-state index is -0.706. The van der Waals surface area contributed by atoms with E-state index >= 15 is 0 Å². The van der Waals surface area contributed by atoms with E-state index in [1.165, 1.54) is 4.90 Å². The van der Waals surface area contributed by atoms with Crippen molar-refractivity contribution in [2.75, 3.05) is 11.9 Å². The topological polar surface area (TPSA) is 70.4 Å². The van der Waals surface area contributed by atoms with Gasteiger partial charge in [-0.05, 0) is 19.1 Å². The number of aldehydes is 1. The molecule has 1 saturated heterocycles. The van der Waals surface area contributed by atoms with Crippen molar-refractivity contribution in [3.63, 3.8) is 0 Å². The van der Waals surface area contributed by atoms with E-state index in [1.807, 2.05) is 19.1 Å². The normalized spacial score (nSPS) is 31.8. The van der Waals surface area contributed by atoms with Crippen LogP contribution in [0.25, 0.3) is 0 Å². The van der Waals surface area contributed by atoms with Gasteiger partial charge in [0, 0.05) is 7.05 Å². The number of ether oxygens (including phenoxy) is 1. The van der Waals surface area contributed by atoms with E-state index in [1.54, 1.807) is 31.3 Å². The second-order valence-corrected chi connectivity index (χ2v) is 5.84. The van der Waals surface area contributed by atoms with Gasteiger partial charge in [0.2, 0.25) is 5.91 Å². The Morgan fingerprint density at radius 3 is 2.86 bits per heavy atom. The highest BCUT2D eigenvalue weighted by Gasteiger charge is 2.57. The van der Waals surface area contributed by atoms with Crippen LogP contribution >= 0.6 is 0 Å². The van der Waals surface area contributed by atoms with Crippen molar-refractivity contribution >= 4 is 17.9 Å². The summed E-state index contributed by atoms with van der Waals surface area (Å²) in [6, 6.07) is 8.98. The maximum absolute atomic E-state index is 12.9. The van der Waals surface area contributed by atoms with Crippen molar-refractivity contribution in [1.29, 1.82) is 5.26 Å². The maximum Gasteiger partial charge on any atom is 0.233 e. The Labute approximate surface area is 128 Å². The summed E-state index contributed by atoms with van der Waals surface area (Å²) in [5.41, 5.74) is 0.255. The zero-order valence-corrected chi connectivity index (χ0v) is 12.4. The molecule has 0 N–H and O–H groups in total. The third-order valence-corrected chi connectivity index (χ3v) is 4.56. The first-order chi connectivity index (χ1) is 10.5. The lowest BCUT2D eigenvalue weighted by atomic mass is 9.76. The smallest absolute Gasteiger partial charge is 0.233 e. The second kappa shape index (κ2) is 5.08. The average molecular weight is 296 g/mol. The molecule has 4 unspecified atom stereocenters. The predicted molar refractivity (Wildman–Crippen MR) is 80.0 cm³/mol. The van der Waals surface area contributed by atoms with Crippen molar-refractivity contribution in [2.45, 2.75) is 18.6 Å². The van der Waals surface area contributed by atoms with Crippen LogP contribution in [0.3, 0.4) is 0 Å². The number of nitriles is 1. The summed E-state index contributed by atoms with van der Waals surface area (Å²) in [7, 11) is 1.62. The van der Waals surface area contributed by atoms with Crippen LogP contribution in [0.1, 0.15) is 12.5 Å². The summed E-state index contributed by atoms with van der Waals surface area (Å²) in [4.78, 5) is 25.8. The molecule has 5 heteroatoms. The summed E-state index contributed by atoms with van der Waals surface area (Å²) in [6.07, 6.45) is 4.11. The van der Waals surface area contributed by atoms with E-state index in [-0.39, 0.29) is 12.0 Å². The highest BCUT2D eigenvalue weighted by Crippen LogP contribution is 2.46. The van der Waals surface area contributed by atoms with Gasteiger partial charge >= 0.3 is 0 Å². The zero-order chi connectivity index (χ0) is 15.9. The average Bonchev–Trinajstić information content (AvgIpc) is 3.06. The highest BCUT2D eigenvalue weighted by atomic mass is 16.5. The van der Waals surface area contributed by atoms with Crippen LogP contribution in [0.4, 0.5) is 5.69 Å². The Morgan fingerprint density at radius 2 is 2.18 bits per heavy atom. The number of carbonyl (C=O) groups excluding carboxylic acids is 2. The summed E-state index contributed by atoms with van der Waals surface area (Å²) >= 11 is 0. The van der Waals surface area contributed by atoms with Gasteiger partial charge < -0.3 is 14.4 Å². The molecule has 0 radical (unpaired) electrons. The Morgan fingerprint density at radius 1 is 1.45 bits per heavy atom. The molecule has 0 aliphatic carbocycles. The lowest BCUT2D eigenvalue weighted by Crippen LogP contribution is -2.43. The molecule has 22 heavy (non-hydrogen) atoms. The lowest BCUT2D eigenvalue weighted by Gasteiger charge is -2.29. The molecule has 0 saturated carbocycles. The van der Waals surface area contributed by atoms with Crippen molar-refractivity contribution in [3.8, 4) is 6.07 Å². The van der Waals surface area contributed by atoms with Gasteiger partial charge in [-0.2, -0.15) is 5.26 Å². The number of nitrogens with zero attached hydrogens (tertiary/aromatic N) is 2. The van der Waals surface area contributed by atoms with Gasteiger partial charge in [0.25, 0.3) is 0 Å². The Balaban J connectivity index is 1.93. The van der Waals surface area contributed by atoms with Crippen LogP contribution in [0.5, 0.6) is 0 Å². The fourth-order valence-corrected chi connectivity index (χ4v) is 3.32. The van der Waals surface area contributed by atoms with Gasteiger partial charge in [-0.15, -0.1) is 0 Å². The fraction of sp³-hybridized carbons (Fsp3) is 0.353. The molecule has 0 aromatic heterocycles. The SMILES string of the molecule is CN(C(=O)C1C2C=CC(C)(O2)C1C=O)c1ccccc1C#N. The summed E-state index contributed by atoms with van der Waals surface area (Å²) in [5.74, 6) is -1.27. The molecular weight excluding hydrogens is 280 g/mol. The number of hydrogen-bond acceptors (Lipinski definition) is 4. The molecule has 2 heterocycles. The third kappa shape index (κ3) is 1.96. The molecule has 4 atom stereocenters. The standard InChI is InChI=1S/C17H16N2O3/c1-17-8-7-14(22-17)15(12(17)10-20)16(21)19(2)13-6-4-3-5-11(13)9-18/h3-8,10,12,14-15H,1-2H3. The van der Waals surface area contributed by atoms with E-state index in [0.717, 1.165) is 6.29 Å². The number of amides is 1. The lowest BCUT2D eigenvalue weighted by molar-refractivity contribution is -0.127. The number of hydrogen-bond donors (Lipinski definition) is 0. The first-order valence-electron chi connectivity index (χ1n) is 7.11. The van der Waals surface area contributed by atoms with Crippen LogP contribution in [0, 0.1) is 23.2 Å². The summed E-state index contributed by atoms with van der Waals surface area (Å²) < 4.78 is 5.78. The molecule has 112 valence electrons. The van der Waals surface area contributed by atoms with Crippen LogP contribution in [-0.4, -0.2) is 30.9 Å². The number of anilines is 1. The third-order valence-electron chi connectivity index (χ3n) is 4.56. The minimum Gasteiger partial charge on any atom is -0.362 e. The van der Waals surface area contributed by atoms with E-state index < -0.39 is 17.4 Å². The predicted octanol–water partition coefficient (Wildman–Crippen LogP) is 1.68. The number of para-hydroxylation sites is 1. The second-order valence-electron chi connectivity index (χ2n) is 5.84. The summed E-state index contributed by atoms with van der Waals surface area (Å²) in [5, 5.41) is 9.18. The molecule has 3 rings (SSSR count). The highest BCUT2D eigenvalue weighted by molar-refractivity contribution is 5.98. The van der Waals surface area contributed by atoms with E-state index in [2.05, 4.69) is 6.07 Å². The first-order valence-corrected chi connectivity index (χ1v) is 7.11. The minimum absolute atomic E-state index is 0.210. The molecule has 5 nitrogen and oxygen atoms in total. The molecule has 1 fully saturated rings. The molecular formula is C17H16N2O3. The summed E-state index contributed by atoms with van der Waals surface area (Å²) in [6.45, 7) is 1.82. The van der Waals surface area contributed by atoms with Gasteiger partial charge in [0.1, 0.15) is 12.4 Å². The van der Waals surface area contributed by atoms with E-state index in [0.29, 0.717) is 11.3 Å². The van der Waals surface area contributed by atoms with Crippen LogP contribution in [0.2, 0.25) is 0 Å². The maximum atomic E-state index is 12.9. The number of rotatable bonds is 3. The largest absolute Gasteiger partial charge is 0.362 e. The molecule has 1 amide bonds. The van der Waals surface area contributed by atoms with Crippen molar-refractivity contribution in [2.24, 2.45) is 11.8 Å². The molecule has 2 aliphatic rings. The van der Waals surface area contributed by atoms with Gasteiger partial charge in [-0.1, -0.05) is 24.3 Å². The molecule has 0 spiro atoms. The number of benzene rings is 1. The Kier molecular flexibility index (Phi) is 3.34. The fourth-order valence-electron chi connectivity index (χ4n) is 3.32. The quantitative estimate of drug-likeness (QED) is 0.628. The van der Waals surface area contributed by atoms with Crippen LogP contribution in [0.15, 0.2) is 36.4 Å². The van der Waals surface area contributed by atoms with Crippen LogP contribution in [-0.2, 0) is 14.3 Å². The Hall–Kier alpha value is -2.45. The van der Waals surface area contributed by atoms with Crippen LogP contribution < -0.4 is 4.90 Å². The van der Waals surface area contributed by atoms with E-state index in [9.17, 15) is 14.9 Å². The molecule has 1 aromatic carbocycles. The van der Waals surface area contributed by atoms with Gasteiger partial charge in [-0.3, -0.25) is 4.79 Å². The van der Waals surface area contributed by atoms with Gasteiger partial charge in [0.15, 0.2) is 0 Å². The zero-order valence-electron chi connectivity index (χ0n) is 12.4. The molecule has 1 aromatic rings. The molecule has 2 aliphatic heterocycles. The van der Waals surface area contributed by atoms with Crippen molar-refractivity contribution < 1.29 is 14.3 Å².